The van der Waals surface area contributed by atoms with Crippen molar-refractivity contribution in [3.63, 3.8) is 0 Å². The van der Waals surface area contributed by atoms with Crippen molar-refractivity contribution in [2.45, 2.75) is 90.9 Å². The van der Waals surface area contributed by atoms with Crippen LogP contribution in [-0.2, 0) is 13.6 Å². The van der Waals surface area contributed by atoms with Crippen LogP contribution in [0, 0.1) is 0 Å². The van der Waals surface area contributed by atoms with Crippen LogP contribution < -0.4 is 0 Å². The number of hydrogen-bond acceptors (Lipinski definition) is 5. The monoisotopic (exact) mass is 409 g/mol. The Labute approximate surface area is 167 Å². The third-order valence-corrected chi connectivity index (χ3v) is 6.68. The first-order valence-electron chi connectivity index (χ1n) is 11.0. The molecule has 6 nitrogen and oxygen atoms in total. The van der Waals surface area contributed by atoms with Crippen LogP contribution in [-0.4, -0.2) is 54.4 Å². The van der Waals surface area contributed by atoms with E-state index in [1.807, 2.05) is 0 Å². The average Bonchev–Trinajstić information content (AvgIpc) is 2.66. The molecule has 2 N–H and O–H groups in total. The molecule has 0 aromatic rings. The quantitative estimate of drug-likeness (QED) is 0.202. The van der Waals surface area contributed by atoms with Gasteiger partial charge < -0.3 is 10.2 Å². The van der Waals surface area contributed by atoms with E-state index >= 15 is 0 Å². The van der Waals surface area contributed by atoms with E-state index in [4.69, 9.17) is 9.05 Å². The van der Waals surface area contributed by atoms with Gasteiger partial charge in [-0.3, -0.25) is 9.05 Å². The lowest BCUT2D eigenvalue weighted by molar-refractivity contribution is 0.129. The van der Waals surface area contributed by atoms with Crippen LogP contribution in [0.5, 0.6) is 0 Å². The van der Waals surface area contributed by atoms with E-state index in [2.05, 4.69) is 13.8 Å². The van der Waals surface area contributed by atoms with Crippen molar-refractivity contribution in [3.8, 4) is 0 Å². The van der Waals surface area contributed by atoms with Crippen LogP contribution in [0.4, 0.5) is 0 Å². The Morgan fingerprint density at radius 1 is 0.667 bits per heavy atom. The summed E-state index contributed by atoms with van der Waals surface area (Å²) in [5, 5.41) is 18.5. The summed E-state index contributed by atoms with van der Waals surface area (Å²) in [6, 6.07) is 0. The van der Waals surface area contributed by atoms with Gasteiger partial charge in [-0.25, -0.2) is 9.24 Å². The summed E-state index contributed by atoms with van der Waals surface area (Å²) in [6.07, 6.45) is 13.5. The van der Waals surface area contributed by atoms with E-state index in [1.165, 1.54) is 43.2 Å². The molecule has 27 heavy (non-hydrogen) atoms. The largest absolute Gasteiger partial charge is 0.408 e. The Hall–Kier alpha value is 0.0300. The van der Waals surface area contributed by atoms with Crippen LogP contribution in [0.25, 0.3) is 0 Å². The summed E-state index contributed by atoms with van der Waals surface area (Å²) in [6.45, 7) is 5.19. The Bertz CT molecular complexity index is 329. The Morgan fingerprint density at radius 3 is 1.41 bits per heavy atom. The molecule has 0 heterocycles. The van der Waals surface area contributed by atoms with Gasteiger partial charge in [0.1, 0.15) is 0 Å². The molecule has 0 aliphatic rings. The second-order valence-corrected chi connectivity index (χ2v) is 9.09. The normalized spacial score (nSPS) is 12.2. The number of unbranched alkanes of at least 4 members (excludes halogenated alkanes) is 10. The van der Waals surface area contributed by atoms with Gasteiger partial charge in [0.15, 0.2) is 0 Å². The lowest BCUT2D eigenvalue weighted by Crippen LogP contribution is -2.29. The number of aliphatic hydroxyl groups is 2. The fraction of sp³-hybridized carbons (Fsp3) is 1.00. The highest BCUT2D eigenvalue weighted by Crippen LogP contribution is 2.52. The molecular weight excluding hydrogens is 365 g/mol. The summed E-state index contributed by atoms with van der Waals surface area (Å²) < 4.78 is 26.1. The van der Waals surface area contributed by atoms with E-state index in [0.717, 1.165) is 38.5 Å². The van der Waals surface area contributed by atoms with Gasteiger partial charge in [-0.1, -0.05) is 78.1 Å². The molecule has 164 valence electrons. The SMILES string of the molecule is CCCCCCCCOP(=O)(OCCCCCCCC)N(CCO)CCO. The molecule has 0 aliphatic carbocycles. The zero-order chi connectivity index (χ0) is 20.2. The molecule has 7 heteroatoms. The molecular formula is C20H44NO5P. The minimum atomic E-state index is -3.47. The van der Waals surface area contributed by atoms with Crippen LogP contribution in [0.2, 0.25) is 0 Å². The number of hydrogen-bond donors (Lipinski definition) is 2. The predicted octanol–water partition coefficient (Wildman–Crippen LogP) is 5.14. The Balaban J connectivity index is 4.37. The minimum absolute atomic E-state index is 0.148. The van der Waals surface area contributed by atoms with Gasteiger partial charge in [-0.15, -0.1) is 0 Å². The van der Waals surface area contributed by atoms with E-state index in [-0.39, 0.29) is 26.3 Å². The summed E-state index contributed by atoms with van der Waals surface area (Å²) in [4.78, 5) is 0. The van der Waals surface area contributed by atoms with Crippen LogP contribution in [0.3, 0.4) is 0 Å². The smallest absolute Gasteiger partial charge is 0.395 e. The summed E-state index contributed by atoms with van der Waals surface area (Å²) in [5.41, 5.74) is 0. The van der Waals surface area contributed by atoms with Crippen molar-refractivity contribution in [2.75, 3.05) is 39.5 Å². The zero-order valence-corrected chi connectivity index (χ0v) is 18.6. The Kier molecular flexibility index (Phi) is 19.4. The molecule has 0 atom stereocenters. The lowest BCUT2D eigenvalue weighted by Gasteiger charge is -2.29. The van der Waals surface area contributed by atoms with E-state index in [9.17, 15) is 14.8 Å². The highest BCUT2D eigenvalue weighted by Gasteiger charge is 2.32. The van der Waals surface area contributed by atoms with Crippen molar-refractivity contribution in [1.29, 1.82) is 0 Å². The topological polar surface area (TPSA) is 79.2 Å². The minimum Gasteiger partial charge on any atom is -0.395 e. The summed E-state index contributed by atoms with van der Waals surface area (Å²) in [7, 11) is -3.47. The molecule has 0 amide bonds. The van der Waals surface area contributed by atoms with Crippen molar-refractivity contribution >= 4 is 7.75 Å². The molecule has 0 spiro atoms. The number of aliphatic hydroxyl groups excluding tert-OH is 2. The maximum absolute atomic E-state index is 13.2. The highest BCUT2D eigenvalue weighted by molar-refractivity contribution is 7.51. The fourth-order valence-electron chi connectivity index (χ4n) is 2.91. The van der Waals surface area contributed by atoms with Gasteiger partial charge in [0.05, 0.1) is 26.4 Å². The molecule has 0 aromatic carbocycles. The van der Waals surface area contributed by atoms with Gasteiger partial charge >= 0.3 is 7.75 Å². The van der Waals surface area contributed by atoms with Crippen molar-refractivity contribution in [1.82, 2.24) is 4.67 Å². The standard InChI is InChI=1S/C20H44NO5P/c1-3-5-7-9-11-13-19-25-27(24,21(15-17-22)16-18-23)26-20-14-12-10-8-6-4-2/h22-23H,3-20H2,1-2H3. The zero-order valence-electron chi connectivity index (χ0n) is 17.7. The number of rotatable bonds is 21. The molecule has 0 fully saturated rings. The van der Waals surface area contributed by atoms with Crippen LogP contribution in [0.15, 0.2) is 0 Å². The van der Waals surface area contributed by atoms with Crippen molar-refractivity contribution in [3.05, 3.63) is 0 Å². The van der Waals surface area contributed by atoms with Crippen molar-refractivity contribution in [2.24, 2.45) is 0 Å². The highest BCUT2D eigenvalue weighted by atomic mass is 31.2. The third kappa shape index (κ3) is 14.7. The predicted molar refractivity (Wildman–Crippen MR) is 112 cm³/mol. The van der Waals surface area contributed by atoms with Crippen LogP contribution in [0.1, 0.15) is 90.9 Å². The molecule has 0 bridgehead atoms. The average molecular weight is 410 g/mol. The molecule has 0 aromatic heterocycles. The molecule has 0 radical (unpaired) electrons. The molecule has 0 saturated carbocycles. The van der Waals surface area contributed by atoms with Crippen LogP contribution >= 0.6 is 7.75 Å². The van der Waals surface area contributed by atoms with Gasteiger partial charge in [0.2, 0.25) is 0 Å². The summed E-state index contributed by atoms with van der Waals surface area (Å²) >= 11 is 0. The van der Waals surface area contributed by atoms with Gasteiger partial charge in [-0.05, 0) is 12.8 Å². The van der Waals surface area contributed by atoms with E-state index in [1.54, 1.807) is 0 Å². The third-order valence-electron chi connectivity index (χ3n) is 4.57. The number of nitrogens with zero attached hydrogens (tertiary/aromatic N) is 1. The van der Waals surface area contributed by atoms with E-state index < -0.39 is 7.75 Å². The maximum atomic E-state index is 13.2. The Morgan fingerprint density at radius 2 is 1.04 bits per heavy atom. The first-order valence-corrected chi connectivity index (χ1v) is 12.5. The maximum Gasteiger partial charge on any atom is 0.408 e. The van der Waals surface area contributed by atoms with Gasteiger partial charge in [0, 0.05) is 13.1 Å². The fourth-order valence-corrected chi connectivity index (χ4v) is 4.70. The first kappa shape index (κ1) is 27.0. The first-order chi connectivity index (χ1) is 13.1. The van der Waals surface area contributed by atoms with Crippen molar-refractivity contribution < 1.29 is 23.8 Å². The lowest BCUT2D eigenvalue weighted by atomic mass is 10.1. The van der Waals surface area contributed by atoms with Gasteiger partial charge in [0.25, 0.3) is 0 Å². The second-order valence-electron chi connectivity index (χ2n) is 7.07. The molecule has 0 unspecified atom stereocenters. The van der Waals surface area contributed by atoms with E-state index in [0.29, 0.717) is 13.2 Å². The molecule has 0 rings (SSSR count). The second kappa shape index (κ2) is 19.4. The molecule has 0 saturated heterocycles. The van der Waals surface area contributed by atoms with Gasteiger partial charge in [-0.2, -0.15) is 0 Å². The molecule has 0 aliphatic heterocycles. The summed E-state index contributed by atoms with van der Waals surface area (Å²) in [5.74, 6) is 0.